The number of nitro benzene ring substituents is 1. The van der Waals surface area contributed by atoms with Crippen LogP contribution in [0.5, 0.6) is 0 Å². The lowest BCUT2D eigenvalue weighted by Crippen LogP contribution is -2.36. The molecule has 1 saturated heterocycles. The summed E-state index contributed by atoms with van der Waals surface area (Å²) in [6.45, 7) is 4.51. The molecule has 0 unspecified atom stereocenters. The maximum absolute atomic E-state index is 12.8. The van der Waals surface area contributed by atoms with Gasteiger partial charge in [-0.3, -0.25) is 10.1 Å². The molecule has 1 aliphatic heterocycles. The number of benzene rings is 1. The summed E-state index contributed by atoms with van der Waals surface area (Å²) < 4.78 is 27.1. The topological polar surface area (TPSA) is 80.5 Å². The highest BCUT2D eigenvalue weighted by atomic mass is 79.9. The highest BCUT2D eigenvalue weighted by Gasteiger charge is 2.42. The van der Waals surface area contributed by atoms with Crippen molar-refractivity contribution >= 4 is 31.6 Å². The van der Waals surface area contributed by atoms with Gasteiger partial charge in [0.2, 0.25) is 10.0 Å². The van der Waals surface area contributed by atoms with Crippen molar-refractivity contribution < 1.29 is 13.3 Å². The van der Waals surface area contributed by atoms with Crippen LogP contribution in [-0.4, -0.2) is 30.2 Å². The number of sulfonamides is 1. The lowest BCUT2D eigenvalue weighted by Gasteiger charge is -2.22. The maximum atomic E-state index is 12.8. The Balaban J connectivity index is 2.24. The predicted molar refractivity (Wildman–Crippen MR) is 96.2 cm³/mol. The van der Waals surface area contributed by atoms with Crippen LogP contribution in [0.25, 0.3) is 0 Å². The molecule has 0 aromatic heterocycles. The van der Waals surface area contributed by atoms with Crippen LogP contribution in [0.2, 0.25) is 0 Å². The van der Waals surface area contributed by atoms with Gasteiger partial charge in [-0.05, 0) is 23.5 Å². The third-order valence-corrected chi connectivity index (χ3v) is 6.00. The Labute approximate surface area is 150 Å². The monoisotopic (exact) mass is 414 g/mol. The zero-order chi connectivity index (χ0) is 18.0. The SMILES string of the molecule is CC1(C)C[C@H](C=C=CBr)N(S(=O)(=O)Cc2ccc([N+](=O)[O-])cc2)C1. The van der Waals surface area contributed by atoms with Crippen LogP contribution in [0.1, 0.15) is 25.8 Å². The first kappa shape index (κ1) is 18.9. The van der Waals surface area contributed by atoms with Crippen molar-refractivity contribution in [3.8, 4) is 0 Å². The summed E-state index contributed by atoms with van der Waals surface area (Å²) >= 11 is 3.14. The molecule has 6 nitrogen and oxygen atoms in total. The van der Waals surface area contributed by atoms with E-state index in [0.717, 1.165) is 6.42 Å². The maximum Gasteiger partial charge on any atom is 0.269 e. The molecular formula is C16H19BrN2O4S. The molecule has 0 amide bonds. The van der Waals surface area contributed by atoms with E-state index >= 15 is 0 Å². The second kappa shape index (κ2) is 7.19. The summed E-state index contributed by atoms with van der Waals surface area (Å²) in [5, 5.41) is 10.7. The summed E-state index contributed by atoms with van der Waals surface area (Å²) in [7, 11) is -3.53. The summed E-state index contributed by atoms with van der Waals surface area (Å²) in [5.74, 6) is -0.177. The van der Waals surface area contributed by atoms with Crippen LogP contribution in [0.15, 0.2) is 41.1 Å². The number of nitrogens with zero attached hydrogens (tertiary/aromatic N) is 2. The quantitative estimate of drug-likeness (QED) is 0.418. The first-order valence-electron chi connectivity index (χ1n) is 7.39. The van der Waals surface area contributed by atoms with Crippen molar-refractivity contribution in [3.05, 3.63) is 56.7 Å². The number of non-ortho nitro benzene ring substituents is 1. The third kappa shape index (κ3) is 4.54. The fourth-order valence-corrected chi connectivity index (χ4v) is 4.90. The lowest BCUT2D eigenvalue weighted by molar-refractivity contribution is -0.384. The fourth-order valence-electron chi connectivity index (χ4n) is 2.87. The Morgan fingerprint density at radius 2 is 2.04 bits per heavy atom. The average Bonchev–Trinajstić information content (AvgIpc) is 2.81. The van der Waals surface area contributed by atoms with Crippen molar-refractivity contribution in [2.24, 2.45) is 5.41 Å². The number of halogens is 1. The highest BCUT2D eigenvalue weighted by molar-refractivity contribution is 9.11. The van der Waals surface area contributed by atoms with Crippen molar-refractivity contribution in [1.82, 2.24) is 4.31 Å². The van der Waals surface area contributed by atoms with Gasteiger partial charge >= 0.3 is 0 Å². The first-order chi connectivity index (χ1) is 11.1. The van der Waals surface area contributed by atoms with E-state index in [1.165, 1.54) is 28.6 Å². The summed E-state index contributed by atoms with van der Waals surface area (Å²) in [4.78, 5) is 11.7. The normalized spacial score (nSPS) is 20.4. The zero-order valence-electron chi connectivity index (χ0n) is 13.5. The molecule has 1 atom stereocenters. The van der Waals surface area contributed by atoms with Crippen molar-refractivity contribution in [1.29, 1.82) is 0 Å². The lowest BCUT2D eigenvalue weighted by atomic mass is 9.91. The second-order valence-corrected chi connectivity index (χ2v) is 8.98. The number of hydrogen-bond acceptors (Lipinski definition) is 4. The minimum atomic E-state index is -3.53. The molecule has 1 aromatic carbocycles. The van der Waals surface area contributed by atoms with Gasteiger partial charge in [0.05, 0.1) is 16.7 Å². The van der Waals surface area contributed by atoms with Gasteiger partial charge in [-0.25, -0.2) is 8.42 Å². The molecule has 1 aliphatic rings. The second-order valence-electron chi connectivity index (χ2n) is 6.60. The summed E-state index contributed by atoms with van der Waals surface area (Å²) in [6, 6.07) is 5.38. The van der Waals surface area contributed by atoms with Crippen molar-refractivity contribution in [2.75, 3.05) is 6.54 Å². The van der Waals surface area contributed by atoms with E-state index in [-0.39, 0.29) is 22.9 Å². The molecule has 1 heterocycles. The van der Waals surface area contributed by atoms with E-state index in [0.29, 0.717) is 12.1 Å². The average molecular weight is 415 g/mol. The summed E-state index contributed by atoms with van der Waals surface area (Å²) in [5.41, 5.74) is 3.26. The predicted octanol–water partition coefficient (Wildman–Crippen LogP) is 3.59. The van der Waals surface area contributed by atoms with E-state index in [1.54, 1.807) is 11.1 Å². The van der Waals surface area contributed by atoms with Gasteiger partial charge in [-0.15, -0.1) is 5.73 Å². The number of rotatable bonds is 5. The Hall–Kier alpha value is -1.47. The Morgan fingerprint density at radius 1 is 1.42 bits per heavy atom. The Morgan fingerprint density at radius 3 is 2.58 bits per heavy atom. The molecule has 130 valence electrons. The minimum absolute atomic E-state index is 0.0540. The van der Waals surface area contributed by atoms with Crippen molar-refractivity contribution in [2.45, 2.75) is 32.1 Å². The van der Waals surface area contributed by atoms with Gasteiger partial charge in [0, 0.05) is 23.7 Å². The molecule has 1 fully saturated rings. The van der Waals surface area contributed by atoms with Gasteiger partial charge < -0.3 is 0 Å². The molecule has 0 bridgehead atoms. The molecule has 0 radical (unpaired) electrons. The molecular weight excluding hydrogens is 396 g/mol. The number of hydrogen-bond donors (Lipinski definition) is 0. The van der Waals surface area contributed by atoms with Crippen LogP contribution in [0.3, 0.4) is 0 Å². The zero-order valence-corrected chi connectivity index (χ0v) is 15.9. The van der Waals surface area contributed by atoms with Crippen LogP contribution >= 0.6 is 15.9 Å². The molecule has 24 heavy (non-hydrogen) atoms. The van der Waals surface area contributed by atoms with Crippen LogP contribution < -0.4 is 0 Å². The molecule has 8 heteroatoms. The molecule has 2 rings (SSSR count). The molecule has 0 spiro atoms. The molecule has 0 N–H and O–H groups in total. The number of nitro groups is 1. The van der Waals surface area contributed by atoms with E-state index in [4.69, 9.17) is 0 Å². The van der Waals surface area contributed by atoms with E-state index < -0.39 is 14.9 Å². The smallest absolute Gasteiger partial charge is 0.258 e. The van der Waals surface area contributed by atoms with E-state index in [9.17, 15) is 18.5 Å². The van der Waals surface area contributed by atoms with E-state index in [1.807, 2.05) is 13.8 Å². The standard InChI is InChI=1S/C16H19BrN2O4S/c1-16(2)10-15(4-3-9-17)18(12-16)24(22,23)11-13-5-7-14(8-6-13)19(20)21/h4-9,15H,10-12H2,1-2H3/t3?,15-/m0/s1. The Kier molecular flexibility index (Phi) is 5.65. The molecule has 0 saturated carbocycles. The van der Waals surface area contributed by atoms with Gasteiger partial charge in [0.25, 0.3) is 5.69 Å². The van der Waals surface area contributed by atoms with Gasteiger partial charge in [-0.1, -0.05) is 41.9 Å². The molecule has 0 aliphatic carbocycles. The fraction of sp³-hybridized carbons (Fsp3) is 0.438. The first-order valence-corrected chi connectivity index (χ1v) is 9.91. The van der Waals surface area contributed by atoms with Crippen LogP contribution in [0.4, 0.5) is 5.69 Å². The molecule has 1 aromatic rings. The third-order valence-electron chi connectivity index (χ3n) is 3.92. The van der Waals surface area contributed by atoms with Crippen LogP contribution in [-0.2, 0) is 15.8 Å². The van der Waals surface area contributed by atoms with Crippen molar-refractivity contribution in [3.63, 3.8) is 0 Å². The van der Waals surface area contributed by atoms with E-state index in [2.05, 4.69) is 21.7 Å². The minimum Gasteiger partial charge on any atom is -0.258 e. The van der Waals surface area contributed by atoms with Crippen LogP contribution in [0, 0.1) is 15.5 Å². The highest BCUT2D eigenvalue weighted by Crippen LogP contribution is 2.37. The summed E-state index contributed by atoms with van der Waals surface area (Å²) in [6.07, 6.45) is 2.47. The van der Waals surface area contributed by atoms with Gasteiger partial charge in [0.1, 0.15) is 0 Å². The Bertz CT molecular complexity index is 781. The van der Waals surface area contributed by atoms with Gasteiger partial charge in [-0.2, -0.15) is 4.31 Å². The van der Waals surface area contributed by atoms with Gasteiger partial charge in [0.15, 0.2) is 0 Å². The largest absolute Gasteiger partial charge is 0.269 e.